The third-order valence-corrected chi connectivity index (χ3v) is 3.53. The van der Waals surface area contributed by atoms with E-state index in [1.54, 1.807) is 0 Å². The van der Waals surface area contributed by atoms with Crippen molar-refractivity contribution in [3.63, 3.8) is 0 Å². The number of hydrogen-bond acceptors (Lipinski definition) is 3. The van der Waals surface area contributed by atoms with Gasteiger partial charge in [-0.05, 0) is 36.2 Å². The molecule has 1 aromatic carbocycles. The molecule has 2 aromatic rings. The molecule has 0 radical (unpaired) electrons. The van der Waals surface area contributed by atoms with E-state index in [1.165, 1.54) is 0 Å². The molecule has 1 heterocycles. The molecule has 3 nitrogen and oxygen atoms in total. The quantitative estimate of drug-likeness (QED) is 0.875. The first-order chi connectivity index (χ1) is 9.70. The second-order valence-electron chi connectivity index (χ2n) is 5.01. The average molecular weight is 270 g/mol. The molecule has 1 unspecified atom stereocenters. The van der Waals surface area contributed by atoms with Crippen LogP contribution in [0.4, 0.5) is 5.69 Å². The second-order valence-corrected chi connectivity index (χ2v) is 5.01. The Bertz CT molecular complexity index is 510. The highest BCUT2D eigenvalue weighted by atomic mass is 16.3. The van der Waals surface area contributed by atoms with Crippen LogP contribution in [0.15, 0.2) is 48.7 Å². The standard InChI is InChI=1S/C17H22N2O/c1-3-17(20)14-7-9-16(10-8-14)19(2)13-11-15-6-4-5-12-18-15/h4-10,12,17,20H,3,11,13H2,1-2H3. The van der Waals surface area contributed by atoms with Crippen LogP contribution >= 0.6 is 0 Å². The Labute approximate surface area is 120 Å². The molecule has 1 atom stereocenters. The van der Waals surface area contributed by atoms with Crippen LogP contribution in [0.1, 0.15) is 30.7 Å². The van der Waals surface area contributed by atoms with Crippen molar-refractivity contribution in [3.05, 3.63) is 59.9 Å². The van der Waals surface area contributed by atoms with Gasteiger partial charge in [-0.25, -0.2) is 0 Å². The molecule has 0 aliphatic heterocycles. The lowest BCUT2D eigenvalue weighted by Crippen LogP contribution is -2.20. The van der Waals surface area contributed by atoms with Crippen LogP contribution in [0.3, 0.4) is 0 Å². The fraction of sp³-hybridized carbons (Fsp3) is 0.353. The van der Waals surface area contributed by atoms with Crippen molar-refractivity contribution in [2.24, 2.45) is 0 Å². The highest BCUT2D eigenvalue weighted by Gasteiger charge is 2.06. The normalized spacial score (nSPS) is 12.2. The lowest BCUT2D eigenvalue weighted by Gasteiger charge is -2.20. The molecule has 0 aliphatic rings. The maximum Gasteiger partial charge on any atom is 0.0787 e. The number of likely N-dealkylation sites (N-methyl/N-ethyl adjacent to an activating group) is 1. The summed E-state index contributed by atoms with van der Waals surface area (Å²) in [6.45, 7) is 2.91. The van der Waals surface area contributed by atoms with E-state index in [9.17, 15) is 5.11 Å². The average Bonchev–Trinajstić information content (AvgIpc) is 2.53. The van der Waals surface area contributed by atoms with Gasteiger partial charge in [-0.3, -0.25) is 4.98 Å². The van der Waals surface area contributed by atoms with Gasteiger partial charge in [0.1, 0.15) is 0 Å². The Hall–Kier alpha value is -1.87. The molecule has 3 heteroatoms. The van der Waals surface area contributed by atoms with E-state index in [-0.39, 0.29) is 6.10 Å². The van der Waals surface area contributed by atoms with Crippen LogP contribution in [-0.4, -0.2) is 23.7 Å². The van der Waals surface area contributed by atoms with E-state index in [0.29, 0.717) is 0 Å². The van der Waals surface area contributed by atoms with Crippen LogP contribution in [0, 0.1) is 0 Å². The molecule has 1 N–H and O–H groups in total. The summed E-state index contributed by atoms with van der Waals surface area (Å²) in [6.07, 6.45) is 3.14. The van der Waals surface area contributed by atoms with Crippen molar-refractivity contribution < 1.29 is 5.11 Å². The highest BCUT2D eigenvalue weighted by Crippen LogP contribution is 2.20. The van der Waals surface area contributed by atoms with Crippen LogP contribution in [0.5, 0.6) is 0 Å². The van der Waals surface area contributed by atoms with Crippen molar-refractivity contribution in [1.82, 2.24) is 4.98 Å². The molecule has 0 saturated heterocycles. The number of aromatic nitrogens is 1. The monoisotopic (exact) mass is 270 g/mol. The third-order valence-electron chi connectivity index (χ3n) is 3.53. The maximum absolute atomic E-state index is 9.79. The van der Waals surface area contributed by atoms with Gasteiger partial charge in [-0.15, -0.1) is 0 Å². The molecule has 2 rings (SSSR count). The minimum atomic E-state index is -0.358. The van der Waals surface area contributed by atoms with Crippen LogP contribution in [-0.2, 0) is 6.42 Å². The molecule has 0 amide bonds. The van der Waals surface area contributed by atoms with Crippen LogP contribution in [0.25, 0.3) is 0 Å². The topological polar surface area (TPSA) is 36.4 Å². The van der Waals surface area contributed by atoms with E-state index in [4.69, 9.17) is 0 Å². The Morgan fingerprint density at radius 2 is 1.90 bits per heavy atom. The molecule has 20 heavy (non-hydrogen) atoms. The molecular formula is C17H22N2O. The summed E-state index contributed by atoms with van der Waals surface area (Å²) in [5.74, 6) is 0. The summed E-state index contributed by atoms with van der Waals surface area (Å²) in [5.41, 5.74) is 3.25. The van der Waals surface area contributed by atoms with Crippen molar-refractivity contribution >= 4 is 5.69 Å². The predicted octanol–water partition coefficient (Wildman–Crippen LogP) is 3.20. The van der Waals surface area contributed by atoms with Crippen molar-refractivity contribution in [1.29, 1.82) is 0 Å². The Kier molecular flexibility index (Phi) is 5.13. The van der Waals surface area contributed by atoms with E-state index in [0.717, 1.165) is 36.3 Å². The van der Waals surface area contributed by atoms with Gasteiger partial charge >= 0.3 is 0 Å². The SMILES string of the molecule is CCC(O)c1ccc(N(C)CCc2ccccn2)cc1. The Morgan fingerprint density at radius 3 is 2.50 bits per heavy atom. The molecular weight excluding hydrogens is 248 g/mol. The zero-order chi connectivity index (χ0) is 14.4. The molecule has 1 aromatic heterocycles. The lowest BCUT2D eigenvalue weighted by atomic mass is 10.1. The largest absolute Gasteiger partial charge is 0.388 e. The van der Waals surface area contributed by atoms with E-state index < -0.39 is 0 Å². The number of nitrogens with zero attached hydrogens (tertiary/aromatic N) is 2. The number of hydrogen-bond donors (Lipinski definition) is 1. The first-order valence-electron chi connectivity index (χ1n) is 7.09. The van der Waals surface area contributed by atoms with Gasteiger partial charge in [0.05, 0.1) is 6.10 Å². The van der Waals surface area contributed by atoms with Gasteiger partial charge in [0.2, 0.25) is 0 Å². The zero-order valence-corrected chi connectivity index (χ0v) is 12.2. The Morgan fingerprint density at radius 1 is 1.15 bits per heavy atom. The number of benzene rings is 1. The summed E-state index contributed by atoms with van der Waals surface area (Å²) < 4.78 is 0. The highest BCUT2D eigenvalue weighted by molar-refractivity contribution is 5.47. The molecule has 0 saturated carbocycles. The van der Waals surface area contributed by atoms with E-state index in [1.807, 2.05) is 37.4 Å². The van der Waals surface area contributed by atoms with Gasteiger partial charge in [0, 0.05) is 37.6 Å². The summed E-state index contributed by atoms with van der Waals surface area (Å²) in [7, 11) is 2.08. The number of aliphatic hydroxyl groups excluding tert-OH is 1. The first kappa shape index (κ1) is 14.5. The fourth-order valence-electron chi connectivity index (χ4n) is 2.14. The van der Waals surface area contributed by atoms with E-state index in [2.05, 4.69) is 35.1 Å². The van der Waals surface area contributed by atoms with Gasteiger partial charge < -0.3 is 10.0 Å². The second kappa shape index (κ2) is 7.06. The summed E-state index contributed by atoms with van der Waals surface area (Å²) in [6, 6.07) is 14.1. The number of pyridine rings is 1. The van der Waals surface area contributed by atoms with Gasteiger partial charge in [-0.2, -0.15) is 0 Å². The van der Waals surface area contributed by atoms with Crippen molar-refractivity contribution in [2.45, 2.75) is 25.9 Å². The Balaban J connectivity index is 1.94. The van der Waals surface area contributed by atoms with Crippen molar-refractivity contribution in [2.75, 3.05) is 18.5 Å². The summed E-state index contributed by atoms with van der Waals surface area (Å²) in [4.78, 5) is 6.54. The molecule has 106 valence electrons. The minimum absolute atomic E-state index is 0.358. The molecule has 0 fully saturated rings. The summed E-state index contributed by atoms with van der Waals surface area (Å²) in [5, 5.41) is 9.79. The van der Waals surface area contributed by atoms with Gasteiger partial charge in [0.25, 0.3) is 0 Å². The van der Waals surface area contributed by atoms with Gasteiger partial charge in [-0.1, -0.05) is 25.1 Å². The fourth-order valence-corrected chi connectivity index (χ4v) is 2.14. The summed E-state index contributed by atoms with van der Waals surface area (Å²) >= 11 is 0. The first-order valence-corrected chi connectivity index (χ1v) is 7.09. The zero-order valence-electron chi connectivity index (χ0n) is 12.2. The lowest BCUT2D eigenvalue weighted by molar-refractivity contribution is 0.173. The molecule has 0 aliphatic carbocycles. The van der Waals surface area contributed by atoms with Gasteiger partial charge in [0.15, 0.2) is 0 Å². The molecule has 0 spiro atoms. The van der Waals surface area contributed by atoms with Crippen molar-refractivity contribution in [3.8, 4) is 0 Å². The number of rotatable bonds is 6. The molecule has 0 bridgehead atoms. The smallest absolute Gasteiger partial charge is 0.0787 e. The maximum atomic E-state index is 9.79. The number of anilines is 1. The van der Waals surface area contributed by atoms with E-state index >= 15 is 0 Å². The third kappa shape index (κ3) is 3.81. The minimum Gasteiger partial charge on any atom is -0.388 e. The van der Waals surface area contributed by atoms with Crippen LogP contribution in [0.2, 0.25) is 0 Å². The van der Waals surface area contributed by atoms with Crippen LogP contribution < -0.4 is 4.90 Å². The number of aliphatic hydroxyl groups is 1. The predicted molar refractivity (Wildman–Crippen MR) is 82.9 cm³/mol.